The number of nitrogens with zero attached hydrogens (tertiary/aromatic N) is 2. The number of aliphatic hydroxyl groups is 1. The summed E-state index contributed by atoms with van der Waals surface area (Å²) in [6.45, 7) is 7.50. The van der Waals surface area contributed by atoms with Gasteiger partial charge in [-0.2, -0.15) is 0 Å². The highest BCUT2D eigenvalue weighted by molar-refractivity contribution is 9.10. The zero-order valence-corrected chi connectivity index (χ0v) is 13.3. The predicted octanol–water partition coefficient (Wildman–Crippen LogP) is 1.63. The standard InChI is InChI=1S/C13H21BrN4O/c1-8-5-10(6-9(2)11(8)14)12(15)17-18(16)7-13(3,4)19/h5-6,19H,7,16H2,1-4H3,(H2,15,17). The van der Waals surface area contributed by atoms with Gasteiger partial charge in [-0.1, -0.05) is 15.9 Å². The van der Waals surface area contributed by atoms with Crippen LogP contribution in [0.2, 0.25) is 0 Å². The molecule has 5 nitrogen and oxygen atoms in total. The van der Waals surface area contributed by atoms with Gasteiger partial charge in [0.2, 0.25) is 0 Å². The first kappa shape index (κ1) is 15.9. The van der Waals surface area contributed by atoms with E-state index in [1.54, 1.807) is 13.8 Å². The molecule has 0 aromatic heterocycles. The molecule has 6 heteroatoms. The first-order valence-corrected chi connectivity index (χ1v) is 6.75. The summed E-state index contributed by atoms with van der Waals surface area (Å²) in [7, 11) is 0. The van der Waals surface area contributed by atoms with Gasteiger partial charge >= 0.3 is 0 Å². The van der Waals surface area contributed by atoms with Crippen molar-refractivity contribution in [2.75, 3.05) is 6.54 Å². The molecule has 1 rings (SSSR count). The Morgan fingerprint density at radius 3 is 2.26 bits per heavy atom. The van der Waals surface area contributed by atoms with Gasteiger partial charge in [-0.15, -0.1) is 5.10 Å². The average Bonchev–Trinajstić information content (AvgIpc) is 2.22. The Hall–Kier alpha value is -1.11. The van der Waals surface area contributed by atoms with Gasteiger partial charge in [-0.3, -0.25) is 0 Å². The lowest BCUT2D eigenvalue weighted by Crippen LogP contribution is -2.40. The summed E-state index contributed by atoms with van der Waals surface area (Å²) in [5.41, 5.74) is 7.98. The lowest BCUT2D eigenvalue weighted by Gasteiger charge is -2.22. The average molecular weight is 329 g/mol. The molecule has 0 bridgehead atoms. The number of hydrazine groups is 1. The Balaban J connectivity index is 2.97. The third-order valence-corrected chi connectivity index (χ3v) is 3.77. The molecule has 0 saturated heterocycles. The number of hydrogen-bond acceptors (Lipinski definition) is 4. The van der Waals surface area contributed by atoms with Gasteiger partial charge in [0.05, 0.1) is 12.1 Å². The van der Waals surface area contributed by atoms with Crippen molar-refractivity contribution < 1.29 is 5.11 Å². The molecule has 0 amide bonds. The van der Waals surface area contributed by atoms with E-state index in [2.05, 4.69) is 21.0 Å². The minimum atomic E-state index is -0.927. The van der Waals surface area contributed by atoms with Crippen LogP contribution >= 0.6 is 15.9 Å². The highest BCUT2D eigenvalue weighted by Gasteiger charge is 2.16. The number of benzene rings is 1. The van der Waals surface area contributed by atoms with E-state index in [-0.39, 0.29) is 6.54 Å². The van der Waals surface area contributed by atoms with Gasteiger partial charge < -0.3 is 10.8 Å². The Bertz CT molecular complexity index is 471. The van der Waals surface area contributed by atoms with Crippen LogP contribution in [0.1, 0.15) is 30.5 Å². The quantitative estimate of drug-likeness (QED) is 0.339. The summed E-state index contributed by atoms with van der Waals surface area (Å²) in [5, 5.41) is 14.9. The van der Waals surface area contributed by atoms with Crippen LogP contribution in [0.5, 0.6) is 0 Å². The lowest BCUT2D eigenvalue weighted by atomic mass is 10.1. The van der Waals surface area contributed by atoms with Crippen molar-refractivity contribution in [3.05, 3.63) is 33.3 Å². The Morgan fingerprint density at radius 1 is 1.37 bits per heavy atom. The highest BCUT2D eigenvalue weighted by Crippen LogP contribution is 2.22. The van der Waals surface area contributed by atoms with Gasteiger partial charge in [-0.25, -0.2) is 11.0 Å². The monoisotopic (exact) mass is 328 g/mol. The maximum atomic E-state index is 9.66. The van der Waals surface area contributed by atoms with Crippen LogP contribution in [0.3, 0.4) is 0 Å². The number of amidine groups is 1. The summed E-state index contributed by atoms with van der Waals surface area (Å²) in [4.78, 5) is 0. The first-order valence-electron chi connectivity index (χ1n) is 5.96. The van der Waals surface area contributed by atoms with Gasteiger partial charge in [0.25, 0.3) is 0 Å². The Labute approximate surface area is 122 Å². The van der Waals surface area contributed by atoms with Crippen LogP contribution in [-0.4, -0.2) is 28.2 Å². The van der Waals surface area contributed by atoms with Crippen molar-refractivity contribution in [1.29, 1.82) is 0 Å². The number of hydrazone groups is 1. The van der Waals surface area contributed by atoms with E-state index in [1.807, 2.05) is 26.0 Å². The molecule has 0 unspecified atom stereocenters. The summed E-state index contributed by atoms with van der Waals surface area (Å²) < 4.78 is 1.06. The molecule has 0 aliphatic carbocycles. The second-order valence-corrected chi connectivity index (χ2v) is 6.11. The van der Waals surface area contributed by atoms with Gasteiger partial charge in [0, 0.05) is 10.0 Å². The minimum Gasteiger partial charge on any atom is -0.388 e. The van der Waals surface area contributed by atoms with Crippen molar-refractivity contribution >= 4 is 21.8 Å². The number of rotatable bonds is 4. The number of hydrogen-bond donors (Lipinski definition) is 3. The van der Waals surface area contributed by atoms with Crippen LogP contribution in [0.15, 0.2) is 21.7 Å². The van der Waals surface area contributed by atoms with E-state index in [9.17, 15) is 5.11 Å². The highest BCUT2D eigenvalue weighted by atomic mass is 79.9. The first-order chi connectivity index (χ1) is 8.60. The molecule has 0 fully saturated rings. The fraction of sp³-hybridized carbons (Fsp3) is 0.462. The normalized spacial score (nSPS) is 12.7. The van der Waals surface area contributed by atoms with Crippen LogP contribution in [-0.2, 0) is 0 Å². The molecule has 0 spiro atoms. The number of halogens is 1. The van der Waals surface area contributed by atoms with Crippen LogP contribution in [0, 0.1) is 13.8 Å². The van der Waals surface area contributed by atoms with Crippen LogP contribution in [0.25, 0.3) is 0 Å². The molecule has 19 heavy (non-hydrogen) atoms. The fourth-order valence-electron chi connectivity index (χ4n) is 1.72. The van der Waals surface area contributed by atoms with E-state index in [0.29, 0.717) is 5.84 Å². The topological polar surface area (TPSA) is 87.9 Å². The summed E-state index contributed by atoms with van der Waals surface area (Å²) in [6.07, 6.45) is 0. The maximum Gasteiger partial charge on any atom is 0.152 e. The third-order valence-electron chi connectivity index (χ3n) is 2.52. The van der Waals surface area contributed by atoms with Crippen molar-refractivity contribution in [2.24, 2.45) is 16.7 Å². The zero-order chi connectivity index (χ0) is 14.8. The van der Waals surface area contributed by atoms with Crippen molar-refractivity contribution in [1.82, 2.24) is 5.12 Å². The Kier molecular flexibility index (Phi) is 4.95. The van der Waals surface area contributed by atoms with Crippen LogP contribution in [0.4, 0.5) is 0 Å². The number of aryl methyl sites for hydroxylation is 2. The molecule has 0 aliphatic rings. The summed E-state index contributed by atoms with van der Waals surface area (Å²) in [6, 6.07) is 3.88. The molecule has 0 heterocycles. The van der Waals surface area contributed by atoms with Gasteiger partial charge in [-0.05, 0) is 51.0 Å². The van der Waals surface area contributed by atoms with Crippen molar-refractivity contribution in [3.8, 4) is 0 Å². The second kappa shape index (κ2) is 5.90. The zero-order valence-electron chi connectivity index (χ0n) is 11.7. The summed E-state index contributed by atoms with van der Waals surface area (Å²) in [5.74, 6) is 6.03. The Morgan fingerprint density at radius 2 is 1.84 bits per heavy atom. The molecule has 106 valence electrons. The lowest BCUT2D eigenvalue weighted by molar-refractivity contribution is 0.0371. The third kappa shape index (κ3) is 4.81. The minimum absolute atomic E-state index is 0.197. The molecule has 1 aromatic carbocycles. The van der Waals surface area contributed by atoms with Gasteiger partial charge in [0.15, 0.2) is 5.84 Å². The molecular weight excluding hydrogens is 308 g/mol. The van der Waals surface area contributed by atoms with Crippen molar-refractivity contribution in [3.63, 3.8) is 0 Å². The molecule has 0 radical (unpaired) electrons. The molecular formula is C13H21BrN4O. The smallest absolute Gasteiger partial charge is 0.152 e. The molecule has 1 aromatic rings. The summed E-state index contributed by atoms with van der Waals surface area (Å²) >= 11 is 3.50. The SMILES string of the molecule is Cc1cc(/C(N)=N/N(N)CC(C)(C)O)cc(C)c1Br. The fourth-order valence-corrected chi connectivity index (χ4v) is 1.95. The van der Waals surface area contributed by atoms with E-state index < -0.39 is 5.60 Å². The van der Waals surface area contributed by atoms with E-state index in [0.717, 1.165) is 26.3 Å². The van der Waals surface area contributed by atoms with Crippen LogP contribution < -0.4 is 11.6 Å². The van der Waals surface area contributed by atoms with E-state index in [1.165, 1.54) is 0 Å². The molecule has 5 N–H and O–H groups in total. The molecule has 0 aliphatic heterocycles. The largest absolute Gasteiger partial charge is 0.388 e. The van der Waals surface area contributed by atoms with Crippen molar-refractivity contribution in [2.45, 2.75) is 33.3 Å². The maximum absolute atomic E-state index is 9.66. The van der Waals surface area contributed by atoms with E-state index >= 15 is 0 Å². The second-order valence-electron chi connectivity index (χ2n) is 5.32. The van der Waals surface area contributed by atoms with Gasteiger partial charge in [0.1, 0.15) is 0 Å². The molecule has 0 saturated carbocycles. The number of nitrogens with two attached hydrogens (primary N) is 2. The predicted molar refractivity (Wildman–Crippen MR) is 81.5 cm³/mol. The molecule has 0 atom stereocenters. The van der Waals surface area contributed by atoms with E-state index in [4.69, 9.17) is 11.6 Å².